The third-order valence-corrected chi connectivity index (χ3v) is 3.99. The summed E-state index contributed by atoms with van der Waals surface area (Å²) >= 11 is 0. The zero-order chi connectivity index (χ0) is 20.3. The molecule has 0 saturated carbocycles. The lowest BCUT2D eigenvalue weighted by Gasteiger charge is -2.19. The molecule has 1 amide bonds. The molecule has 2 aromatic carbocycles. The molecule has 3 rings (SSSR count). The summed E-state index contributed by atoms with van der Waals surface area (Å²) in [5.41, 5.74) is 0.557. The second kappa shape index (κ2) is 8.08. The predicted octanol–water partition coefficient (Wildman–Crippen LogP) is 4.09. The monoisotopic (exact) mass is 386 g/mol. The van der Waals surface area contributed by atoms with Crippen LogP contribution in [0.15, 0.2) is 48.5 Å². The fourth-order valence-electron chi connectivity index (χ4n) is 2.61. The number of carbonyl (C=O) groups is 1. The molecule has 1 heterocycles. The number of carbonyl (C=O) groups excluding carboxylic acids is 1. The summed E-state index contributed by atoms with van der Waals surface area (Å²) in [4.78, 5) is 22.6. The fourth-order valence-corrected chi connectivity index (χ4v) is 2.61. The number of amides is 1. The molecule has 0 unspecified atom stereocenters. The molecular formula is C20H17F3N4O. The summed E-state index contributed by atoms with van der Waals surface area (Å²) < 4.78 is 40.2. The van der Waals surface area contributed by atoms with Gasteiger partial charge in [0.2, 0.25) is 0 Å². The first kappa shape index (κ1) is 19.3. The highest BCUT2D eigenvalue weighted by molar-refractivity contribution is 6.03. The second-order valence-electron chi connectivity index (χ2n) is 6.18. The molecule has 3 aromatic rings. The Labute approximate surface area is 159 Å². The lowest BCUT2D eigenvalue weighted by atomic mass is 10.2. The lowest BCUT2D eigenvalue weighted by Crippen LogP contribution is -2.21. The summed E-state index contributed by atoms with van der Waals surface area (Å²) in [7, 11) is 1.81. The lowest BCUT2D eigenvalue weighted by molar-refractivity contribution is 0.102. The van der Waals surface area contributed by atoms with Gasteiger partial charge in [0.05, 0.1) is 5.69 Å². The maximum absolute atomic E-state index is 13.8. The summed E-state index contributed by atoms with van der Waals surface area (Å²) in [5, 5.41) is 2.21. The van der Waals surface area contributed by atoms with Crippen LogP contribution in [0.3, 0.4) is 0 Å². The van der Waals surface area contributed by atoms with Gasteiger partial charge in [-0.1, -0.05) is 30.3 Å². The van der Waals surface area contributed by atoms with E-state index in [4.69, 9.17) is 0 Å². The van der Waals surface area contributed by atoms with Gasteiger partial charge in [0.1, 0.15) is 17.3 Å². The molecule has 1 aromatic heterocycles. The van der Waals surface area contributed by atoms with Crippen molar-refractivity contribution >= 4 is 17.4 Å². The Morgan fingerprint density at radius 2 is 1.75 bits per heavy atom. The Bertz CT molecular complexity index is 1010. The largest absolute Gasteiger partial charge is 0.355 e. The highest BCUT2D eigenvalue weighted by Crippen LogP contribution is 2.21. The molecule has 1 N–H and O–H groups in total. The highest BCUT2D eigenvalue weighted by atomic mass is 19.2. The average molecular weight is 386 g/mol. The van der Waals surface area contributed by atoms with Gasteiger partial charge in [-0.05, 0) is 24.6 Å². The SMILES string of the molecule is Cc1nc(C(=O)Nc2ccc(F)c(F)c2F)cc(N(C)Cc2ccccc2)n1. The normalized spacial score (nSPS) is 10.6. The fraction of sp³-hybridized carbons (Fsp3) is 0.150. The molecule has 0 atom stereocenters. The van der Waals surface area contributed by atoms with Crippen molar-refractivity contribution in [3.63, 3.8) is 0 Å². The van der Waals surface area contributed by atoms with Crippen LogP contribution < -0.4 is 10.2 Å². The first-order chi connectivity index (χ1) is 13.3. The number of aromatic nitrogens is 2. The standard InChI is InChI=1S/C20H17F3N4O/c1-12-24-16(20(28)26-15-9-8-14(21)18(22)19(15)23)10-17(25-12)27(2)11-13-6-4-3-5-7-13/h3-10H,11H2,1-2H3,(H,26,28). The quantitative estimate of drug-likeness (QED) is 0.671. The van der Waals surface area contributed by atoms with Crippen LogP contribution >= 0.6 is 0 Å². The number of benzene rings is 2. The second-order valence-corrected chi connectivity index (χ2v) is 6.18. The van der Waals surface area contributed by atoms with Crippen LogP contribution in [0.2, 0.25) is 0 Å². The average Bonchev–Trinajstić information content (AvgIpc) is 2.68. The molecule has 0 aliphatic carbocycles. The van der Waals surface area contributed by atoms with Gasteiger partial charge in [-0.2, -0.15) is 0 Å². The molecule has 144 valence electrons. The van der Waals surface area contributed by atoms with Gasteiger partial charge >= 0.3 is 0 Å². The van der Waals surface area contributed by atoms with Crippen molar-refractivity contribution < 1.29 is 18.0 Å². The van der Waals surface area contributed by atoms with Crippen LogP contribution in [0.4, 0.5) is 24.7 Å². The third-order valence-electron chi connectivity index (χ3n) is 3.99. The molecule has 5 nitrogen and oxygen atoms in total. The van der Waals surface area contributed by atoms with E-state index in [0.29, 0.717) is 18.2 Å². The van der Waals surface area contributed by atoms with Gasteiger partial charge in [0.15, 0.2) is 17.5 Å². The van der Waals surface area contributed by atoms with E-state index in [2.05, 4.69) is 15.3 Å². The first-order valence-corrected chi connectivity index (χ1v) is 8.40. The number of aryl methyl sites for hydroxylation is 1. The number of nitrogens with one attached hydrogen (secondary N) is 1. The Kier molecular flexibility index (Phi) is 5.58. The van der Waals surface area contributed by atoms with E-state index in [-0.39, 0.29) is 5.69 Å². The Morgan fingerprint density at radius 1 is 1.04 bits per heavy atom. The third kappa shape index (κ3) is 4.28. The Hall–Kier alpha value is -3.42. The smallest absolute Gasteiger partial charge is 0.274 e. The van der Waals surface area contributed by atoms with Crippen LogP contribution in [0.25, 0.3) is 0 Å². The van der Waals surface area contributed by atoms with Crippen molar-refractivity contribution in [3.8, 4) is 0 Å². The minimum atomic E-state index is -1.65. The van der Waals surface area contributed by atoms with E-state index >= 15 is 0 Å². The zero-order valence-corrected chi connectivity index (χ0v) is 15.2. The Balaban J connectivity index is 1.82. The van der Waals surface area contributed by atoms with Crippen LogP contribution in [0.1, 0.15) is 21.9 Å². The van der Waals surface area contributed by atoms with E-state index in [1.807, 2.05) is 42.3 Å². The Morgan fingerprint density at radius 3 is 2.46 bits per heavy atom. The number of nitrogens with zero attached hydrogens (tertiary/aromatic N) is 3. The van der Waals surface area contributed by atoms with Crippen molar-refractivity contribution in [2.24, 2.45) is 0 Å². The maximum Gasteiger partial charge on any atom is 0.274 e. The molecule has 0 spiro atoms. The van der Waals surface area contributed by atoms with E-state index in [0.717, 1.165) is 17.7 Å². The van der Waals surface area contributed by atoms with Gasteiger partial charge in [-0.25, -0.2) is 23.1 Å². The van der Waals surface area contributed by atoms with Crippen molar-refractivity contribution in [1.29, 1.82) is 0 Å². The van der Waals surface area contributed by atoms with Crippen molar-refractivity contribution in [1.82, 2.24) is 9.97 Å². The zero-order valence-electron chi connectivity index (χ0n) is 15.2. The van der Waals surface area contributed by atoms with Gasteiger partial charge < -0.3 is 10.2 Å². The van der Waals surface area contributed by atoms with Crippen LogP contribution in [0, 0.1) is 24.4 Å². The molecule has 0 aliphatic rings. The number of anilines is 2. The topological polar surface area (TPSA) is 58.1 Å². The van der Waals surface area contributed by atoms with Crippen LogP contribution in [-0.4, -0.2) is 22.9 Å². The molecule has 8 heteroatoms. The number of halogens is 3. The first-order valence-electron chi connectivity index (χ1n) is 8.40. The predicted molar refractivity (Wildman–Crippen MR) is 99.6 cm³/mol. The molecular weight excluding hydrogens is 369 g/mol. The van der Waals surface area contributed by atoms with E-state index in [1.54, 1.807) is 6.92 Å². The summed E-state index contributed by atoms with van der Waals surface area (Å²) in [6.07, 6.45) is 0. The minimum Gasteiger partial charge on any atom is -0.355 e. The molecule has 0 aliphatic heterocycles. The van der Waals surface area contributed by atoms with Gasteiger partial charge in [-0.15, -0.1) is 0 Å². The molecule has 0 bridgehead atoms. The van der Waals surface area contributed by atoms with Crippen molar-refractivity contribution in [2.45, 2.75) is 13.5 Å². The maximum atomic E-state index is 13.8. The molecule has 28 heavy (non-hydrogen) atoms. The highest BCUT2D eigenvalue weighted by Gasteiger charge is 2.18. The van der Waals surface area contributed by atoms with Gasteiger partial charge in [0.25, 0.3) is 5.91 Å². The summed E-state index contributed by atoms with van der Waals surface area (Å²) in [5.74, 6) is -4.39. The van der Waals surface area contributed by atoms with E-state index in [9.17, 15) is 18.0 Å². The number of rotatable bonds is 5. The van der Waals surface area contributed by atoms with Gasteiger partial charge in [0, 0.05) is 19.7 Å². The molecule has 0 radical (unpaired) electrons. The van der Waals surface area contributed by atoms with Gasteiger partial charge in [-0.3, -0.25) is 4.79 Å². The summed E-state index contributed by atoms with van der Waals surface area (Å²) in [6.45, 7) is 2.17. The number of hydrogen-bond acceptors (Lipinski definition) is 4. The number of hydrogen-bond donors (Lipinski definition) is 1. The van der Waals surface area contributed by atoms with Crippen molar-refractivity contribution in [2.75, 3.05) is 17.3 Å². The van der Waals surface area contributed by atoms with Crippen LogP contribution in [0.5, 0.6) is 0 Å². The molecule has 0 saturated heterocycles. The minimum absolute atomic E-state index is 0.0217. The van der Waals surface area contributed by atoms with Crippen molar-refractivity contribution in [3.05, 3.63) is 83.1 Å². The van der Waals surface area contributed by atoms with E-state index in [1.165, 1.54) is 6.07 Å². The van der Waals surface area contributed by atoms with Crippen LogP contribution in [-0.2, 0) is 6.54 Å². The van der Waals surface area contributed by atoms with E-state index < -0.39 is 29.0 Å². The summed E-state index contributed by atoms with van der Waals surface area (Å²) in [6, 6.07) is 12.8. The molecule has 0 fully saturated rings.